The van der Waals surface area contributed by atoms with Gasteiger partial charge >= 0.3 is 0 Å². The molecule has 1 aliphatic carbocycles. The molecule has 19 heavy (non-hydrogen) atoms. The molecule has 0 aromatic heterocycles. The van der Waals surface area contributed by atoms with E-state index in [1.54, 1.807) is 14.2 Å². The molecule has 1 N–H and O–H groups in total. The summed E-state index contributed by atoms with van der Waals surface area (Å²) < 4.78 is 10.9. The van der Waals surface area contributed by atoms with Gasteiger partial charge in [0, 0.05) is 5.56 Å². The summed E-state index contributed by atoms with van der Waals surface area (Å²) in [6.45, 7) is 1.98. The second-order valence-electron chi connectivity index (χ2n) is 5.05. The third-order valence-electron chi connectivity index (χ3n) is 3.91. The van der Waals surface area contributed by atoms with Gasteiger partial charge in [-0.25, -0.2) is 0 Å². The maximum atomic E-state index is 9.40. The van der Waals surface area contributed by atoms with Crippen LogP contribution in [-0.2, 0) is 0 Å². The molecule has 0 aliphatic heterocycles. The number of hydrogen-bond donors (Lipinski definition) is 1. The number of aryl methyl sites for hydroxylation is 1. The van der Waals surface area contributed by atoms with Crippen LogP contribution >= 0.6 is 0 Å². The number of ether oxygens (including phenoxy) is 2. The summed E-state index contributed by atoms with van der Waals surface area (Å²) >= 11 is 0. The first kappa shape index (κ1) is 13.7. The van der Waals surface area contributed by atoms with Crippen LogP contribution in [0.4, 0.5) is 0 Å². The van der Waals surface area contributed by atoms with Gasteiger partial charge in [0.2, 0.25) is 0 Å². The van der Waals surface area contributed by atoms with E-state index in [-0.39, 0.29) is 11.5 Å². The molecule has 0 heterocycles. The van der Waals surface area contributed by atoms with Crippen molar-refractivity contribution in [2.45, 2.75) is 25.8 Å². The predicted molar refractivity (Wildman–Crippen MR) is 73.4 cm³/mol. The number of nitrogens with one attached hydrogen (secondary N) is 1. The summed E-state index contributed by atoms with van der Waals surface area (Å²) in [4.78, 5) is 0. The zero-order chi connectivity index (χ0) is 14.0. The normalized spacial score (nSPS) is 17.4. The second-order valence-corrected chi connectivity index (χ2v) is 5.05. The number of nitrogens with zero attached hydrogens (tertiary/aromatic N) is 1. The Bertz CT molecular complexity index is 516. The minimum absolute atomic E-state index is 0.0260. The highest BCUT2D eigenvalue weighted by molar-refractivity contribution is 5.49. The molecule has 0 spiro atoms. The Balaban J connectivity index is 2.50. The third kappa shape index (κ3) is 2.26. The van der Waals surface area contributed by atoms with Crippen molar-refractivity contribution in [1.82, 2.24) is 5.32 Å². The van der Waals surface area contributed by atoms with Gasteiger partial charge in [-0.1, -0.05) is 0 Å². The van der Waals surface area contributed by atoms with Crippen LogP contribution in [0, 0.1) is 23.7 Å². The van der Waals surface area contributed by atoms with Gasteiger partial charge in [-0.2, -0.15) is 5.26 Å². The van der Waals surface area contributed by atoms with Gasteiger partial charge in [0.05, 0.1) is 31.7 Å². The molecule has 0 amide bonds. The molecule has 0 bridgehead atoms. The van der Waals surface area contributed by atoms with Gasteiger partial charge in [-0.05, 0) is 44.5 Å². The van der Waals surface area contributed by atoms with Crippen LogP contribution in [0.3, 0.4) is 0 Å². The van der Waals surface area contributed by atoms with E-state index in [1.807, 2.05) is 26.1 Å². The summed E-state index contributed by atoms with van der Waals surface area (Å²) in [5.41, 5.74) is 1.72. The van der Waals surface area contributed by atoms with Crippen LogP contribution in [0.5, 0.6) is 11.5 Å². The Labute approximate surface area is 114 Å². The lowest BCUT2D eigenvalue weighted by molar-refractivity contribution is 0.372. The van der Waals surface area contributed by atoms with Gasteiger partial charge in [0.25, 0.3) is 0 Å². The Morgan fingerprint density at radius 1 is 1.26 bits per heavy atom. The van der Waals surface area contributed by atoms with E-state index < -0.39 is 0 Å². The van der Waals surface area contributed by atoms with Crippen LogP contribution in [0.25, 0.3) is 0 Å². The van der Waals surface area contributed by atoms with Crippen molar-refractivity contribution in [2.24, 2.45) is 5.41 Å². The molecule has 1 unspecified atom stereocenters. The van der Waals surface area contributed by atoms with E-state index in [1.165, 1.54) is 0 Å². The van der Waals surface area contributed by atoms with E-state index >= 15 is 0 Å². The molecule has 4 nitrogen and oxygen atoms in total. The van der Waals surface area contributed by atoms with Crippen LogP contribution < -0.4 is 14.8 Å². The maximum Gasteiger partial charge on any atom is 0.124 e. The molecule has 2 rings (SSSR count). The number of rotatable bonds is 5. The smallest absolute Gasteiger partial charge is 0.124 e. The lowest BCUT2D eigenvalue weighted by Gasteiger charge is -2.24. The van der Waals surface area contributed by atoms with Gasteiger partial charge < -0.3 is 14.8 Å². The topological polar surface area (TPSA) is 54.3 Å². The summed E-state index contributed by atoms with van der Waals surface area (Å²) in [5.74, 6) is 1.63. The van der Waals surface area contributed by atoms with E-state index in [0.29, 0.717) is 0 Å². The van der Waals surface area contributed by atoms with Crippen molar-refractivity contribution in [3.8, 4) is 17.6 Å². The summed E-state index contributed by atoms with van der Waals surface area (Å²) in [6, 6.07) is 6.36. The Kier molecular flexibility index (Phi) is 3.68. The molecule has 1 aromatic rings. The molecule has 1 saturated carbocycles. The minimum atomic E-state index is -0.303. The van der Waals surface area contributed by atoms with Gasteiger partial charge in [0.1, 0.15) is 11.5 Å². The average Bonchev–Trinajstić information content (AvgIpc) is 3.21. The van der Waals surface area contributed by atoms with Crippen LogP contribution in [0.15, 0.2) is 12.1 Å². The van der Waals surface area contributed by atoms with Crippen molar-refractivity contribution < 1.29 is 9.47 Å². The number of nitriles is 1. The number of methoxy groups -OCH3 is 2. The highest BCUT2D eigenvalue weighted by atomic mass is 16.5. The fraction of sp³-hybridized carbons (Fsp3) is 0.533. The lowest BCUT2D eigenvalue weighted by atomic mass is 9.90. The van der Waals surface area contributed by atoms with Crippen molar-refractivity contribution >= 4 is 0 Å². The fourth-order valence-electron chi connectivity index (χ4n) is 2.63. The van der Waals surface area contributed by atoms with Crippen LogP contribution in [0.2, 0.25) is 0 Å². The summed E-state index contributed by atoms with van der Waals surface area (Å²) in [5, 5.41) is 12.7. The Hall–Kier alpha value is -1.73. The third-order valence-corrected chi connectivity index (χ3v) is 3.91. The van der Waals surface area contributed by atoms with E-state index in [2.05, 4.69) is 11.4 Å². The van der Waals surface area contributed by atoms with Crippen molar-refractivity contribution in [3.05, 3.63) is 23.3 Å². The Morgan fingerprint density at radius 3 is 2.32 bits per heavy atom. The zero-order valence-electron chi connectivity index (χ0n) is 11.9. The highest BCUT2D eigenvalue weighted by Crippen LogP contribution is 2.56. The monoisotopic (exact) mass is 260 g/mol. The lowest BCUT2D eigenvalue weighted by Crippen LogP contribution is -2.26. The first-order valence-electron chi connectivity index (χ1n) is 6.43. The van der Waals surface area contributed by atoms with Crippen molar-refractivity contribution in [1.29, 1.82) is 5.26 Å². The standard InChI is InChI=1S/C15H20N2O2/c1-10-7-13(19-4)11(8-12(10)18-3)14(17-2)15(9-16)5-6-15/h7-8,14,17H,5-6H2,1-4H3. The Morgan fingerprint density at radius 2 is 1.89 bits per heavy atom. The van der Waals surface area contributed by atoms with Crippen LogP contribution in [-0.4, -0.2) is 21.3 Å². The molecule has 0 saturated heterocycles. The first-order valence-corrected chi connectivity index (χ1v) is 6.43. The van der Waals surface area contributed by atoms with Crippen molar-refractivity contribution in [3.63, 3.8) is 0 Å². The highest BCUT2D eigenvalue weighted by Gasteiger charge is 2.51. The molecular formula is C15H20N2O2. The van der Waals surface area contributed by atoms with Gasteiger partial charge in [-0.3, -0.25) is 0 Å². The number of benzene rings is 1. The molecule has 1 aromatic carbocycles. The molecule has 1 atom stereocenters. The van der Waals surface area contributed by atoms with Gasteiger partial charge in [-0.15, -0.1) is 0 Å². The van der Waals surface area contributed by atoms with Crippen LogP contribution in [0.1, 0.15) is 30.0 Å². The molecule has 1 aliphatic rings. The van der Waals surface area contributed by atoms with Gasteiger partial charge in [0.15, 0.2) is 0 Å². The number of hydrogen-bond acceptors (Lipinski definition) is 4. The van der Waals surface area contributed by atoms with E-state index in [9.17, 15) is 5.26 Å². The molecule has 0 radical (unpaired) electrons. The quantitative estimate of drug-likeness (QED) is 0.884. The van der Waals surface area contributed by atoms with E-state index in [4.69, 9.17) is 9.47 Å². The molecule has 4 heteroatoms. The predicted octanol–water partition coefficient (Wildman–Crippen LogP) is 2.58. The molecule has 102 valence electrons. The fourth-order valence-corrected chi connectivity index (χ4v) is 2.63. The largest absolute Gasteiger partial charge is 0.496 e. The molecular weight excluding hydrogens is 240 g/mol. The SMILES string of the molecule is CNC(c1cc(OC)c(C)cc1OC)C1(C#N)CC1. The second kappa shape index (κ2) is 5.10. The summed E-state index contributed by atoms with van der Waals surface area (Å²) in [7, 11) is 5.20. The maximum absolute atomic E-state index is 9.40. The average molecular weight is 260 g/mol. The first-order chi connectivity index (χ1) is 9.11. The summed E-state index contributed by atoms with van der Waals surface area (Å²) in [6.07, 6.45) is 1.85. The molecule has 1 fully saturated rings. The zero-order valence-corrected chi connectivity index (χ0v) is 11.9. The minimum Gasteiger partial charge on any atom is -0.496 e. The van der Waals surface area contributed by atoms with Crippen molar-refractivity contribution in [2.75, 3.05) is 21.3 Å². The van der Waals surface area contributed by atoms with E-state index in [0.717, 1.165) is 35.5 Å².